The van der Waals surface area contributed by atoms with Gasteiger partial charge in [-0.3, -0.25) is 5.10 Å². The van der Waals surface area contributed by atoms with E-state index in [0.29, 0.717) is 11.0 Å². The van der Waals surface area contributed by atoms with Crippen molar-refractivity contribution in [1.29, 1.82) is 0 Å². The van der Waals surface area contributed by atoms with Gasteiger partial charge in [-0.1, -0.05) is 45.9 Å². The summed E-state index contributed by atoms with van der Waals surface area (Å²) in [7, 11) is 0. The number of hydrogen-bond donors (Lipinski definition) is 2. The Bertz CT molecular complexity index is 1160. The van der Waals surface area contributed by atoms with E-state index in [2.05, 4.69) is 41.2 Å². The first-order chi connectivity index (χ1) is 14.4. The summed E-state index contributed by atoms with van der Waals surface area (Å²) in [6.07, 6.45) is 2.73. The van der Waals surface area contributed by atoms with Crippen molar-refractivity contribution in [3.63, 3.8) is 0 Å². The Morgan fingerprint density at radius 2 is 2.07 bits per heavy atom. The minimum atomic E-state index is -1.70. The van der Waals surface area contributed by atoms with Gasteiger partial charge in [0.05, 0.1) is 6.54 Å². The zero-order valence-electron chi connectivity index (χ0n) is 15.3. The number of benzene rings is 2. The van der Waals surface area contributed by atoms with Crippen molar-refractivity contribution in [2.45, 2.75) is 17.3 Å². The van der Waals surface area contributed by atoms with Crippen LogP contribution in [0, 0.1) is 11.6 Å². The van der Waals surface area contributed by atoms with Crippen LogP contribution in [0.5, 0.6) is 0 Å². The fourth-order valence-electron chi connectivity index (χ4n) is 2.92. The van der Waals surface area contributed by atoms with Crippen LogP contribution in [-0.2, 0) is 12.1 Å². The van der Waals surface area contributed by atoms with Crippen molar-refractivity contribution in [3.05, 3.63) is 76.8 Å². The lowest BCUT2D eigenvalue weighted by molar-refractivity contribution is 0.0360. The largest absolute Gasteiger partial charge is 0.382 e. The van der Waals surface area contributed by atoms with Gasteiger partial charge in [0.1, 0.15) is 29.9 Å². The second kappa shape index (κ2) is 8.62. The molecule has 2 aromatic carbocycles. The molecule has 2 N–H and O–H groups in total. The predicted molar refractivity (Wildman–Crippen MR) is 111 cm³/mol. The topological polar surface area (TPSA) is 92.5 Å². The number of nitrogens with zero attached hydrogens (tertiary/aromatic N) is 5. The highest BCUT2D eigenvalue weighted by atomic mass is 79.9. The van der Waals surface area contributed by atoms with Crippen LogP contribution in [0.25, 0.3) is 11.4 Å². The Morgan fingerprint density at radius 3 is 2.80 bits per heavy atom. The maximum absolute atomic E-state index is 14.5. The molecular weight excluding hydrogens is 478 g/mol. The highest BCUT2D eigenvalue weighted by Crippen LogP contribution is 2.32. The summed E-state index contributed by atoms with van der Waals surface area (Å²) in [5.41, 5.74) is -0.909. The summed E-state index contributed by atoms with van der Waals surface area (Å²) in [6.45, 7) is -0.0779. The average molecular weight is 493 g/mol. The van der Waals surface area contributed by atoms with E-state index in [4.69, 9.17) is 0 Å². The van der Waals surface area contributed by atoms with Crippen LogP contribution in [0.2, 0.25) is 0 Å². The molecule has 4 rings (SSSR count). The predicted octanol–water partition coefficient (Wildman–Crippen LogP) is 3.78. The molecular formula is C19H15BrF2N6OS. The van der Waals surface area contributed by atoms with Crippen LogP contribution in [0.3, 0.4) is 0 Å². The summed E-state index contributed by atoms with van der Waals surface area (Å²) in [4.78, 5) is 8.27. The molecule has 0 amide bonds. The van der Waals surface area contributed by atoms with E-state index in [1.54, 1.807) is 0 Å². The SMILES string of the molecule is OC(CSc1n[nH]c(-c2cccc(Br)c2)n1)(Cn1cncn1)c1ccc(F)cc1F. The number of H-pyrrole nitrogens is 1. The molecule has 4 aromatic rings. The molecule has 0 aliphatic carbocycles. The van der Waals surface area contributed by atoms with Crippen molar-refractivity contribution >= 4 is 27.7 Å². The summed E-state index contributed by atoms with van der Waals surface area (Å²) < 4.78 is 30.1. The van der Waals surface area contributed by atoms with Gasteiger partial charge >= 0.3 is 0 Å². The molecule has 0 fully saturated rings. The van der Waals surface area contributed by atoms with Gasteiger partial charge in [0, 0.05) is 27.4 Å². The van der Waals surface area contributed by atoms with Crippen LogP contribution in [0.1, 0.15) is 5.56 Å². The van der Waals surface area contributed by atoms with Gasteiger partial charge in [-0.2, -0.15) is 5.10 Å². The molecule has 30 heavy (non-hydrogen) atoms. The Balaban J connectivity index is 1.58. The highest BCUT2D eigenvalue weighted by Gasteiger charge is 2.34. The Hall–Kier alpha value is -2.63. The van der Waals surface area contributed by atoms with Gasteiger partial charge in [0.15, 0.2) is 5.82 Å². The van der Waals surface area contributed by atoms with E-state index in [1.165, 1.54) is 23.4 Å². The summed E-state index contributed by atoms with van der Waals surface area (Å²) in [6, 6.07) is 10.6. The van der Waals surface area contributed by atoms with Crippen molar-refractivity contribution in [3.8, 4) is 11.4 Å². The molecule has 0 bridgehead atoms. The minimum absolute atomic E-state index is 0.00515. The van der Waals surface area contributed by atoms with E-state index in [1.807, 2.05) is 24.3 Å². The Labute approximate surface area is 182 Å². The molecule has 0 saturated heterocycles. The number of nitrogens with one attached hydrogen (secondary N) is 1. The third kappa shape index (κ3) is 4.58. The number of hydrogen-bond acceptors (Lipinski definition) is 6. The van der Waals surface area contributed by atoms with Crippen LogP contribution < -0.4 is 0 Å². The lowest BCUT2D eigenvalue weighted by Crippen LogP contribution is -2.35. The van der Waals surface area contributed by atoms with E-state index in [9.17, 15) is 13.9 Å². The molecule has 0 aliphatic heterocycles. The lowest BCUT2D eigenvalue weighted by atomic mass is 9.95. The summed E-state index contributed by atoms with van der Waals surface area (Å²) >= 11 is 4.55. The van der Waals surface area contributed by atoms with Crippen LogP contribution >= 0.6 is 27.7 Å². The first-order valence-corrected chi connectivity index (χ1v) is 10.5. The van der Waals surface area contributed by atoms with Gasteiger partial charge in [-0.15, -0.1) is 5.10 Å². The maximum atomic E-state index is 14.5. The molecule has 0 saturated carbocycles. The number of halogens is 3. The van der Waals surface area contributed by atoms with E-state index in [-0.39, 0.29) is 17.9 Å². The first kappa shape index (κ1) is 20.6. The standard InChI is InChI=1S/C19H15BrF2N6OS/c20-13-3-1-2-12(6-13)17-25-18(27-26-17)30-9-19(29,8-28-11-23-10-24-28)15-5-4-14(21)7-16(15)22/h1-7,10-11,29H,8-9H2,(H,25,26,27). The van der Waals surface area contributed by atoms with Gasteiger partial charge in [0.25, 0.3) is 0 Å². The molecule has 0 radical (unpaired) electrons. The second-order valence-corrected chi connectivity index (χ2v) is 8.37. The first-order valence-electron chi connectivity index (χ1n) is 8.74. The van der Waals surface area contributed by atoms with E-state index >= 15 is 0 Å². The number of rotatable bonds is 7. The molecule has 7 nitrogen and oxygen atoms in total. The third-order valence-corrected chi connectivity index (χ3v) is 5.88. The number of aromatic amines is 1. The molecule has 2 aromatic heterocycles. The molecule has 1 atom stereocenters. The zero-order valence-corrected chi connectivity index (χ0v) is 17.7. The Kier molecular flexibility index (Phi) is 5.93. The van der Waals surface area contributed by atoms with E-state index in [0.717, 1.165) is 33.9 Å². The quantitative estimate of drug-likeness (QED) is 0.381. The second-order valence-electron chi connectivity index (χ2n) is 6.51. The monoisotopic (exact) mass is 492 g/mol. The number of aromatic nitrogens is 6. The third-order valence-electron chi connectivity index (χ3n) is 4.33. The fraction of sp³-hybridized carbons (Fsp3) is 0.158. The molecule has 11 heteroatoms. The Morgan fingerprint density at radius 1 is 1.20 bits per heavy atom. The maximum Gasteiger partial charge on any atom is 0.208 e. The molecule has 0 aliphatic rings. The molecule has 1 unspecified atom stereocenters. The van der Waals surface area contributed by atoms with Crippen LogP contribution in [0.4, 0.5) is 8.78 Å². The minimum Gasteiger partial charge on any atom is -0.382 e. The van der Waals surface area contributed by atoms with Gasteiger partial charge in [-0.05, 0) is 18.2 Å². The lowest BCUT2D eigenvalue weighted by Gasteiger charge is -2.28. The average Bonchev–Trinajstić information content (AvgIpc) is 3.38. The normalized spacial score (nSPS) is 13.3. The smallest absolute Gasteiger partial charge is 0.208 e. The molecule has 2 heterocycles. The van der Waals surface area contributed by atoms with Crippen molar-refractivity contribution in [2.24, 2.45) is 0 Å². The van der Waals surface area contributed by atoms with Gasteiger partial charge < -0.3 is 5.11 Å². The summed E-state index contributed by atoms with van der Waals surface area (Å²) in [5, 5.41) is 22.7. The molecule has 154 valence electrons. The van der Waals surface area contributed by atoms with Gasteiger partial charge in [0.2, 0.25) is 5.16 Å². The van der Waals surface area contributed by atoms with Gasteiger partial charge in [-0.25, -0.2) is 23.4 Å². The summed E-state index contributed by atoms with van der Waals surface area (Å²) in [5.74, 6) is -1.00. The van der Waals surface area contributed by atoms with Crippen molar-refractivity contribution in [2.75, 3.05) is 5.75 Å². The van der Waals surface area contributed by atoms with Crippen LogP contribution in [0.15, 0.2) is 64.7 Å². The van der Waals surface area contributed by atoms with Crippen LogP contribution in [-0.4, -0.2) is 40.8 Å². The fourth-order valence-corrected chi connectivity index (χ4v) is 4.20. The number of thioether (sulfide) groups is 1. The highest BCUT2D eigenvalue weighted by molar-refractivity contribution is 9.10. The zero-order chi connectivity index (χ0) is 21.1. The van der Waals surface area contributed by atoms with Crippen molar-refractivity contribution < 1.29 is 13.9 Å². The number of aliphatic hydroxyl groups is 1. The molecule has 0 spiro atoms. The van der Waals surface area contributed by atoms with E-state index < -0.39 is 17.2 Å². The van der Waals surface area contributed by atoms with Crippen molar-refractivity contribution in [1.82, 2.24) is 29.9 Å².